The van der Waals surface area contributed by atoms with Crippen LogP contribution in [0.5, 0.6) is 0 Å². The van der Waals surface area contributed by atoms with Crippen molar-refractivity contribution in [2.45, 2.75) is 57.6 Å². The molecule has 1 aliphatic carbocycles. The van der Waals surface area contributed by atoms with Crippen LogP contribution < -0.4 is 5.32 Å². The minimum atomic E-state index is -0.247. The SMILES string of the molecule is C[C@H]1OCCN[C@@H]1C(=O)N1CCN(C(=O)CCC2CCCC2)CC1.Cl. The van der Waals surface area contributed by atoms with Gasteiger partial charge in [0.2, 0.25) is 11.8 Å². The van der Waals surface area contributed by atoms with E-state index in [-0.39, 0.29) is 36.4 Å². The van der Waals surface area contributed by atoms with Crippen LogP contribution in [0.15, 0.2) is 0 Å². The Kier molecular flexibility index (Phi) is 7.97. The molecular weight excluding hydrogens is 342 g/mol. The molecule has 1 saturated carbocycles. The van der Waals surface area contributed by atoms with Gasteiger partial charge in [0, 0.05) is 39.1 Å². The molecular formula is C18H32ClN3O3. The summed E-state index contributed by atoms with van der Waals surface area (Å²) in [7, 11) is 0. The van der Waals surface area contributed by atoms with Gasteiger partial charge in [-0.1, -0.05) is 25.7 Å². The second kappa shape index (κ2) is 9.74. The third-order valence-electron chi connectivity index (χ3n) is 5.77. The number of amides is 2. The monoisotopic (exact) mass is 373 g/mol. The molecule has 2 saturated heterocycles. The third-order valence-corrected chi connectivity index (χ3v) is 5.77. The average Bonchev–Trinajstić information content (AvgIpc) is 3.13. The van der Waals surface area contributed by atoms with Crippen molar-refractivity contribution in [1.82, 2.24) is 15.1 Å². The number of nitrogens with zero attached hydrogens (tertiary/aromatic N) is 2. The number of piperazine rings is 1. The number of ether oxygens (including phenoxy) is 1. The second-order valence-corrected chi connectivity index (χ2v) is 7.40. The van der Waals surface area contributed by atoms with Gasteiger partial charge in [-0.15, -0.1) is 12.4 Å². The van der Waals surface area contributed by atoms with E-state index < -0.39 is 0 Å². The fourth-order valence-electron chi connectivity index (χ4n) is 4.17. The van der Waals surface area contributed by atoms with Gasteiger partial charge in [0.05, 0.1) is 12.7 Å². The second-order valence-electron chi connectivity index (χ2n) is 7.40. The predicted octanol–water partition coefficient (Wildman–Crippen LogP) is 1.43. The first-order valence-corrected chi connectivity index (χ1v) is 9.56. The van der Waals surface area contributed by atoms with Crippen LogP contribution in [0.4, 0.5) is 0 Å². The molecule has 0 spiro atoms. The van der Waals surface area contributed by atoms with Crippen molar-refractivity contribution in [3.8, 4) is 0 Å². The van der Waals surface area contributed by atoms with Crippen molar-refractivity contribution in [2.24, 2.45) is 5.92 Å². The fourth-order valence-corrected chi connectivity index (χ4v) is 4.17. The molecule has 2 aliphatic heterocycles. The summed E-state index contributed by atoms with van der Waals surface area (Å²) >= 11 is 0. The molecule has 0 bridgehead atoms. The summed E-state index contributed by atoms with van der Waals surface area (Å²) in [6.45, 7) is 5.93. The number of carbonyl (C=O) groups excluding carboxylic acids is 2. The normalized spacial score (nSPS) is 27.9. The maximum absolute atomic E-state index is 12.6. The smallest absolute Gasteiger partial charge is 0.242 e. The van der Waals surface area contributed by atoms with E-state index in [0.29, 0.717) is 39.2 Å². The Morgan fingerprint density at radius 1 is 1.08 bits per heavy atom. The van der Waals surface area contributed by atoms with Crippen LogP contribution in [0.2, 0.25) is 0 Å². The van der Waals surface area contributed by atoms with Crippen LogP contribution >= 0.6 is 12.4 Å². The number of hydrogen-bond acceptors (Lipinski definition) is 4. The Morgan fingerprint density at radius 3 is 2.36 bits per heavy atom. The first-order chi connectivity index (χ1) is 11.6. The molecule has 0 aromatic heterocycles. The number of morpholine rings is 1. The van der Waals surface area contributed by atoms with Gasteiger partial charge in [0.15, 0.2) is 0 Å². The van der Waals surface area contributed by atoms with Crippen LogP contribution in [0.25, 0.3) is 0 Å². The lowest BCUT2D eigenvalue weighted by Gasteiger charge is -2.39. The first-order valence-electron chi connectivity index (χ1n) is 9.56. The Morgan fingerprint density at radius 2 is 1.72 bits per heavy atom. The summed E-state index contributed by atoms with van der Waals surface area (Å²) < 4.78 is 5.57. The van der Waals surface area contributed by atoms with E-state index in [9.17, 15) is 9.59 Å². The number of hydrogen-bond donors (Lipinski definition) is 1. The molecule has 144 valence electrons. The minimum absolute atomic E-state index is 0. The summed E-state index contributed by atoms with van der Waals surface area (Å²) in [5, 5.41) is 3.25. The number of halogens is 1. The molecule has 3 rings (SSSR count). The summed E-state index contributed by atoms with van der Waals surface area (Å²) in [6.07, 6.45) is 6.88. The zero-order chi connectivity index (χ0) is 16.9. The maximum Gasteiger partial charge on any atom is 0.242 e. The van der Waals surface area contributed by atoms with Crippen molar-refractivity contribution in [3.63, 3.8) is 0 Å². The van der Waals surface area contributed by atoms with Crippen LogP contribution in [-0.2, 0) is 14.3 Å². The van der Waals surface area contributed by atoms with E-state index in [2.05, 4.69) is 5.32 Å². The third kappa shape index (κ3) is 5.31. The van der Waals surface area contributed by atoms with E-state index in [4.69, 9.17) is 4.74 Å². The lowest BCUT2D eigenvalue weighted by Crippen LogP contribution is -2.60. The first kappa shape index (κ1) is 20.5. The van der Waals surface area contributed by atoms with Crippen LogP contribution in [-0.4, -0.2) is 73.1 Å². The van der Waals surface area contributed by atoms with E-state index in [1.807, 2.05) is 16.7 Å². The molecule has 2 heterocycles. The van der Waals surface area contributed by atoms with Gasteiger partial charge in [0.1, 0.15) is 6.04 Å². The number of rotatable bonds is 4. The lowest BCUT2D eigenvalue weighted by atomic mass is 10.0. The maximum atomic E-state index is 12.6. The van der Waals surface area contributed by atoms with E-state index in [1.54, 1.807) is 0 Å². The zero-order valence-corrected chi connectivity index (χ0v) is 16.1. The van der Waals surface area contributed by atoms with Gasteiger partial charge < -0.3 is 19.9 Å². The number of carbonyl (C=O) groups is 2. The summed E-state index contributed by atoms with van der Waals surface area (Å²) in [5.74, 6) is 1.14. The Hall–Kier alpha value is -0.850. The van der Waals surface area contributed by atoms with Gasteiger partial charge in [-0.2, -0.15) is 0 Å². The van der Waals surface area contributed by atoms with Gasteiger partial charge in [-0.05, 0) is 19.3 Å². The molecule has 0 aromatic carbocycles. The molecule has 2 amide bonds. The molecule has 6 nitrogen and oxygen atoms in total. The molecule has 3 fully saturated rings. The molecule has 7 heteroatoms. The van der Waals surface area contributed by atoms with E-state index in [1.165, 1.54) is 25.7 Å². The largest absolute Gasteiger partial charge is 0.375 e. The van der Waals surface area contributed by atoms with Crippen molar-refractivity contribution < 1.29 is 14.3 Å². The average molecular weight is 374 g/mol. The minimum Gasteiger partial charge on any atom is -0.375 e. The summed E-state index contributed by atoms with van der Waals surface area (Å²) in [4.78, 5) is 28.8. The highest BCUT2D eigenvalue weighted by Gasteiger charge is 2.33. The quantitative estimate of drug-likeness (QED) is 0.809. The lowest BCUT2D eigenvalue weighted by molar-refractivity contribution is -0.145. The van der Waals surface area contributed by atoms with E-state index in [0.717, 1.165) is 18.9 Å². The van der Waals surface area contributed by atoms with Crippen molar-refractivity contribution in [2.75, 3.05) is 39.3 Å². The molecule has 0 aromatic rings. The number of nitrogens with one attached hydrogen (secondary N) is 1. The predicted molar refractivity (Wildman–Crippen MR) is 98.8 cm³/mol. The van der Waals surface area contributed by atoms with Crippen LogP contribution in [0, 0.1) is 5.92 Å². The summed E-state index contributed by atoms with van der Waals surface area (Å²) in [5.41, 5.74) is 0. The highest BCUT2D eigenvalue weighted by molar-refractivity contribution is 5.85. The van der Waals surface area contributed by atoms with Gasteiger partial charge in [0.25, 0.3) is 0 Å². The van der Waals surface area contributed by atoms with Crippen LogP contribution in [0.1, 0.15) is 45.4 Å². The van der Waals surface area contributed by atoms with E-state index >= 15 is 0 Å². The van der Waals surface area contributed by atoms with Gasteiger partial charge in [-0.25, -0.2) is 0 Å². The van der Waals surface area contributed by atoms with Gasteiger partial charge >= 0.3 is 0 Å². The molecule has 0 unspecified atom stereocenters. The Bertz CT molecular complexity index is 449. The van der Waals surface area contributed by atoms with Gasteiger partial charge in [-0.3, -0.25) is 9.59 Å². The van der Waals surface area contributed by atoms with Crippen molar-refractivity contribution >= 4 is 24.2 Å². The molecule has 25 heavy (non-hydrogen) atoms. The van der Waals surface area contributed by atoms with Crippen LogP contribution in [0.3, 0.4) is 0 Å². The highest BCUT2D eigenvalue weighted by atomic mass is 35.5. The molecule has 3 aliphatic rings. The van der Waals surface area contributed by atoms with Crippen molar-refractivity contribution in [3.05, 3.63) is 0 Å². The molecule has 0 radical (unpaired) electrons. The van der Waals surface area contributed by atoms with Crippen molar-refractivity contribution in [1.29, 1.82) is 0 Å². The zero-order valence-electron chi connectivity index (χ0n) is 15.2. The topological polar surface area (TPSA) is 61.9 Å². The fraction of sp³-hybridized carbons (Fsp3) is 0.889. The highest BCUT2D eigenvalue weighted by Crippen LogP contribution is 2.28. The summed E-state index contributed by atoms with van der Waals surface area (Å²) in [6, 6.07) is -0.247. The Labute approximate surface area is 157 Å². The Balaban J connectivity index is 0.00000225. The molecule has 1 N–H and O–H groups in total. The molecule has 2 atom stereocenters. The standard InChI is InChI=1S/C18H31N3O3.ClH/c1-14-17(19-8-13-24-14)18(23)21-11-9-20(10-12-21)16(22)7-6-15-4-2-3-5-15;/h14-15,17,19H,2-13H2,1H3;1H/t14-,17+;/m1./s1.